The van der Waals surface area contributed by atoms with Crippen LogP contribution in [0.2, 0.25) is 0 Å². The van der Waals surface area contributed by atoms with E-state index in [1.165, 1.54) is 5.56 Å². The number of hydrogen-bond acceptors (Lipinski definition) is 5. The molecule has 2 aromatic carbocycles. The van der Waals surface area contributed by atoms with Gasteiger partial charge in [0.15, 0.2) is 5.82 Å². The zero-order valence-corrected chi connectivity index (χ0v) is 21.1. The third kappa shape index (κ3) is 6.02. The van der Waals surface area contributed by atoms with Gasteiger partial charge >= 0.3 is 0 Å². The lowest BCUT2D eigenvalue weighted by Gasteiger charge is -2.33. The summed E-state index contributed by atoms with van der Waals surface area (Å²) in [4.78, 5) is 20.1. The largest absolute Gasteiger partial charge is 0.348 e. The Bertz CT molecular complexity index is 1100. The van der Waals surface area contributed by atoms with Crippen LogP contribution in [0, 0.1) is 0 Å². The Labute approximate surface area is 214 Å². The van der Waals surface area contributed by atoms with Crippen LogP contribution in [0.3, 0.4) is 0 Å². The number of hydrogen-bond donors (Lipinski definition) is 2. The highest BCUT2D eigenvalue weighted by Crippen LogP contribution is 2.29. The topological polar surface area (TPSA) is 89.1 Å². The van der Waals surface area contributed by atoms with Crippen molar-refractivity contribution < 1.29 is 4.79 Å². The first-order valence-corrected chi connectivity index (χ1v) is 13.4. The summed E-state index contributed by atoms with van der Waals surface area (Å²) in [5.74, 6) is 0.884. The second-order valence-electron chi connectivity index (χ2n) is 10.5. The average Bonchev–Trinajstić information content (AvgIpc) is 3.58. The molecule has 2 heterocycles. The summed E-state index contributed by atoms with van der Waals surface area (Å²) >= 11 is 0. The SMILES string of the molecule is NC1(C(=O)N[C@@H](CCN2CCC(n3cnc(Cc4ccccc4)n3)CC2)c2ccccc2)CCCC1. The first kappa shape index (κ1) is 24.7. The molecule has 0 bridgehead atoms. The van der Waals surface area contributed by atoms with E-state index in [1.54, 1.807) is 0 Å². The van der Waals surface area contributed by atoms with Crippen LogP contribution in [-0.4, -0.2) is 50.7 Å². The highest BCUT2D eigenvalue weighted by molar-refractivity contribution is 5.86. The molecule has 0 radical (unpaired) electrons. The minimum atomic E-state index is -0.706. The number of aromatic nitrogens is 3. The molecule has 0 unspecified atom stereocenters. The predicted octanol–water partition coefficient (Wildman–Crippen LogP) is 4.02. The monoisotopic (exact) mass is 486 g/mol. The van der Waals surface area contributed by atoms with Crippen LogP contribution in [-0.2, 0) is 11.2 Å². The number of nitrogens with one attached hydrogen (secondary N) is 1. The van der Waals surface area contributed by atoms with E-state index in [2.05, 4.69) is 56.3 Å². The summed E-state index contributed by atoms with van der Waals surface area (Å²) in [6.07, 6.45) is 9.29. The van der Waals surface area contributed by atoms with E-state index in [4.69, 9.17) is 10.8 Å². The molecule has 7 heteroatoms. The van der Waals surface area contributed by atoms with Gasteiger partial charge in [-0.2, -0.15) is 5.10 Å². The Kier molecular flexibility index (Phi) is 7.78. The lowest BCUT2D eigenvalue weighted by Crippen LogP contribution is -2.53. The molecule has 2 aliphatic rings. The Hall–Kier alpha value is -3.03. The number of rotatable bonds is 9. The maximum absolute atomic E-state index is 13.1. The minimum absolute atomic E-state index is 0.00468. The molecule has 5 rings (SSSR count). The van der Waals surface area contributed by atoms with Crippen LogP contribution in [0.25, 0.3) is 0 Å². The van der Waals surface area contributed by atoms with E-state index in [1.807, 2.05) is 30.6 Å². The summed E-state index contributed by atoms with van der Waals surface area (Å²) in [5, 5.41) is 8.07. The molecule has 1 amide bonds. The molecule has 7 nitrogen and oxygen atoms in total. The molecule has 3 aromatic rings. The minimum Gasteiger partial charge on any atom is -0.348 e. The van der Waals surface area contributed by atoms with Crippen LogP contribution >= 0.6 is 0 Å². The maximum atomic E-state index is 13.1. The second-order valence-corrected chi connectivity index (χ2v) is 10.5. The number of piperidine rings is 1. The predicted molar refractivity (Wildman–Crippen MR) is 141 cm³/mol. The quantitative estimate of drug-likeness (QED) is 0.477. The highest BCUT2D eigenvalue weighted by atomic mass is 16.2. The molecule has 1 aromatic heterocycles. The molecule has 1 saturated carbocycles. The molecule has 190 valence electrons. The number of benzene rings is 2. The van der Waals surface area contributed by atoms with Gasteiger partial charge in [0.1, 0.15) is 6.33 Å². The molecule has 0 spiro atoms. The van der Waals surface area contributed by atoms with Crippen molar-refractivity contribution in [3.05, 3.63) is 83.9 Å². The van der Waals surface area contributed by atoms with Gasteiger partial charge in [0.05, 0.1) is 17.6 Å². The van der Waals surface area contributed by atoms with Crippen molar-refractivity contribution in [1.29, 1.82) is 0 Å². The third-order valence-corrected chi connectivity index (χ3v) is 7.88. The van der Waals surface area contributed by atoms with E-state index in [9.17, 15) is 4.79 Å². The molecule has 1 atom stereocenters. The van der Waals surface area contributed by atoms with Crippen molar-refractivity contribution in [3.63, 3.8) is 0 Å². The lowest BCUT2D eigenvalue weighted by atomic mass is 9.95. The van der Waals surface area contributed by atoms with Gasteiger partial charge in [0.2, 0.25) is 5.91 Å². The molecule has 1 saturated heterocycles. The van der Waals surface area contributed by atoms with Crippen molar-refractivity contribution in [2.75, 3.05) is 19.6 Å². The Morgan fingerprint density at radius 3 is 2.39 bits per heavy atom. The van der Waals surface area contributed by atoms with Gasteiger partial charge in [0, 0.05) is 26.1 Å². The van der Waals surface area contributed by atoms with Crippen LogP contribution < -0.4 is 11.1 Å². The summed E-state index contributed by atoms with van der Waals surface area (Å²) in [6, 6.07) is 21.0. The van der Waals surface area contributed by atoms with Gasteiger partial charge in [-0.3, -0.25) is 4.79 Å². The number of nitrogens with zero attached hydrogens (tertiary/aromatic N) is 4. The normalized spacial score (nSPS) is 19.2. The number of likely N-dealkylation sites (tertiary alicyclic amines) is 1. The fourth-order valence-corrected chi connectivity index (χ4v) is 5.61. The fraction of sp³-hybridized carbons (Fsp3) is 0.483. The van der Waals surface area contributed by atoms with Gasteiger partial charge in [-0.25, -0.2) is 9.67 Å². The van der Waals surface area contributed by atoms with Crippen LogP contribution in [0.15, 0.2) is 67.0 Å². The molecule has 3 N–H and O–H groups in total. The third-order valence-electron chi connectivity index (χ3n) is 7.88. The number of carbonyl (C=O) groups excluding carboxylic acids is 1. The van der Waals surface area contributed by atoms with Gasteiger partial charge < -0.3 is 16.0 Å². The Morgan fingerprint density at radius 1 is 1.03 bits per heavy atom. The van der Waals surface area contributed by atoms with Gasteiger partial charge in [0.25, 0.3) is 0 Å². The summed E-state index contributed by atoms with van der Waals surface area (Å²) in [7, 11) is 0. The first-order valence-electron chi connectivity index (χ1n) is 13.4. The van der Waals surface area contributed by atoms with Crippen LogP contribution in [0.4, 0.5) is 0 Å². The van der Waals surface area contributed by atoms with E-state index >= 15 is 0 Å². The van der Waals surface area contributed by atoms with E-state index < -0.39 is 5.54 Å². The van der Waals surface area contributed by atoms with Crippen molar-refractivity contribution in [2.45, 2.75) is 69.0 Å². The van der Waals surface area contributed by atoms with Gasteiger partial charge in [-0.15, -0.1) is 0 Å². The molecular weight excluding hydrogens is 448 g/mol. The van der Waals surface area contributed by atoms with Crippen LogP contribution in [0.5, 0.6) is 0 Å². The molecule has 2 fully saturated rings. The zero-order valence-electron chi connectivity index (χ0n) is 21.1. The second kappa shape index (κ2) is 11.4. The average molecular weight is 487 g/mol. The van der Waals surface area contributed by atoms with Crippen molar-refractivity contribution >= 4 is 5.91 Å². The smallest absolute Gasteiger partial charge is 0.240 e. The highest BCUT2D eigenvalue weighted by Gasteiger charge is 2.38. The van der Waals surface area contributed by atoms with E-state index in [0.717, 1.165) is 82.4 Å². The number of amides is 1. The van der Waals surface area contributed by atoms with Crippen LogP contribution in [0.1, 0.15) is 74.0 Å². The summed E-state index contributed by atoms with van der Waals surface area (Å²) in [6.45, 7) is 2.99. The fourth-order valence-electron chi connectivity index (χ4n) is 5.61. The van der Waals surface area contributed by atoms with E-state index in [-0.39, 0.29) is 11.9 Å². The van der Waals surface area contributed by atoms with Gasteiger partial charge in [-0.05, 0) is 43.2 Å². The van der Waals surface area contributed by atoms with Crippen molar-refractivity contribution in [2.24, 2.45) is 5.73 Å². The number of carbonyl (C=O) groups is 1. The summed E-state index contributed by atoms with van der Waals surface area (Å²) in [5.41, 5.74) is 8.13. The standard InChI is InChI=1S/C29H38N6O/c30-29(16-7-8-17-29)28(36)32-26(24-11-5-2-6-12-24)15-20-34-18-13-25(14-19-34)35-22-31-27(33-35)21-23-9-3-1-4-10-23/h1-6,9-12,22,25-26H,7-8,13-21,30H2,(H,32,36)/t26-/m0/s1. The first-order chi connectivity index (χ1) is 17.6. The Morgan fingerprint density at radius 2 is 1.69 bits per heavy atom. The van der Waals surface area contributed by atoms with Crippen molar-refractivity contribution in [3.8, 4) is 0 Å². The Balaban J connectivity index is 1.14. The molecule has 1 aliphatic heterocycles. The molecule has 36 heavy (non-hydrogen) atoms. The van der Waals surface area contributed by atoms with Gasteiger partial charge in [-0.1, -0.05) is 73.5 Å². The summed E-state index contributed by atoms with van der Waals surface area (Å²) < 4.78 is 2.06. The maximum Gasteiger partial charge on any atom is 0.240 e. The van der Waals surface area contributed by atoms with Crippen molar-refractivity contribution in [1.82, 2.24) is 25.0 Å². The molecule has 1 aliphatic carbocycles. The van der Waals surface area contributed by atoms with E-state index in [0.29, 0.717) is 6.04 Å². The zero-order chi connectivity index (χ0) is 24.8. The molecular formula is C29H38N6O. The lowest BCUT2D eigenvalue weighted by molar-refractivity contribution is -0.127. The number of nitrogens with two attached hydrogens (primary N) is 1.